The van der Waals surface area contributed by atoms with E-state index in [0.717, 1.165) is 12.8 Å². The summed E-state index contributed by atoms with van der Waals surface area (Å²) in [5, 5.41) is 8.94. The summed E-state index contributed by atoms with van der Waals surface area (Å²) in [4.78, 5) is 38.9. The van der Waals surface area contributed by atoms with Crippen LogP contribution in [0.2, 0.25) is 0 Å². The van der Waals surface area contributed by atoms with Crippen LogP contribution in [0, 0.1) is 5.92 Å². The molecule has 3 aliphatic rings. The third kappa shape index (κ3) is 3.02. The van der Waals surface area contributed by atoms with E-state index in [0.29, 0.717) is 25.7 Å². The number of likely N-dealkylation sites (tertiary alicyclic amines) is 1. The Kier molecular flexibility index (Phi) is 3.84. The molecule has 0 aromatic carbocycles. The van der Waals surface area contributed by atoms with Crippen molar-refractivity contribution in [2.45, 2.75) is 37.8 Å². The Bertz CT molecular complexity index is 462. The van der Waals surface area contributed by atoms with Gasteiger partial charge < -0.3 is 19.6 Å². The van der Waals surface area contributed by atoms with Crippen LogP contribution in [0.4, 0.5) is 0 Å². The fourth-order valence-electron chi connectivity index (χ4n) is 3.19. The predicted molar refractivity (Wildman–Crippen MR) is 71.4 cm³/mol. The van der Waals surface area contributed by atoms with Crippen LogP contribution in [0.3, 0.4) is 0 Å². The molecule has 0 spiro atoms. The zero-order valence-corrected chi connectivity index (χ0v) is 11.9. The van der Waals surface area contributed by atoms with Crippen molar-refractivity contribution in [3.05, 3.63) is 0 Å². The molecule has 21 heavy (non-hydrogen) atoms. The zero-order valence-electron chi connectivity index (χ0n) is 11.9. The SMILES string of the molecule is O=C(O)CC1COCCN1C(=O)C1CC(=O)N(C2CC2)C1. The number of hydrogen-bond acceptors (Lipinski definition) is 4. The lowest BCUT2D eigenvalue weighted by atomic mass is 10.0. The molecule has 2 atom stereocenters. The Hall–Kier alpha value is -1.63. The summed E-state index contributed by atoms with van der Waals surface area (Å²) in [5.41, 5.74) is 0. The number of carbonyl (C=O) groups excluding carboxylic acids is 2. The van der Waals surface area contributed by atoms with E-state index in [9.17, 15) is 14.4 Å². The van der Waals surface area contributed by atoms with Crippen LogP contribution < -0.4 is 0 Å². The van der Waals surface area contributed by atoms with Crippen LogP contribution in [-0.2, 0) is 19.1 Å². The summed E-state index contributed by atoms with van der Waals surface area (Å²) < 4.78 is 5.28. The standard InChI is InChI=1S/C14H20N2O5/c17-12-5-9(7-16(12)10-1-2-10)14(20)15-3-4-21-8-11(15)6-13(18)19/h9-11H,1-8H2,(H,18,19). The molecule has 0 radical (unpaired) electrons. The van der Waals surface area contributed by atoms with Gasteiger partial charge in [0.2, 0.25) is 11.8 Å². The summed E-state index contributed by atoms with van der Waals surface area (Å²) in [5.74, 6) is -1.31. The average molecular weight is 296 g/mol. The van der Waals surface area contributed by atoms with E-state index in [2.05, 4.69) is 0 Å². The lowest BCUT2D eigenvalue weighted by molar-refractivity contribution is -0.149. The lowest BCUT2D eigenvalue weighted by Gasteiger charge is -2.36. The highest BCUT2D eigenvalue weighted by Crippen LogP contribution is 2.33. The number of morpholine rings is 1. The summed E-state index contributed by atoms with van der Waals surface area (Å²) in [6, 6.07) is -0.0939. The Morgan fingerprint density at radius 3 is 2.76 bits per heavy atom. The van der Waals surface area contributed by atoms with Crippen molar-refractivity contribution in [1.82, 2.24) is 9.80 Å². The summed E-state index contributed by atoms with van der Waals surface area (Å²) >= 11 is 0. The molecule has 116 valence electrons. The second-order valence-corrected chi connectivity index (χ2v) is 6.04. The first-order chi connectivity index (χ1) is 10.1. The third-order valence-corrected chi connectivity index (χ3v) is 4.42. The van der Waals surface area contributed by atoms with E-state index in [1.54, 1.807) is 4.90 Å². The smallest absolute Gasteiger partial charge is 0.305 e. The van der Waals surface area contributed by atoms with Gasteiger partial charge in [0.05, 0.1) is 31.6 Å². The molecule has 1 N–H and O–H groups in total. The molecule has 2 amide bonds. The number of nitrogens with zero attached hydrogens (tertiary/aromatic N) is 2. The molecule has 7 heteroatoms. The molecular formula is C14H20N2O5. The molecule has 2 unspecified atom stereocenters. The molecule has 1 saturated carbocycles. The van der Waals surface area contributed by atoms with Crippen molar-refractivity contribution in [2.75, 3.05) is 26.3 Å². The monoisotopic (exact) mass is 296 g/mol. The molecule has 2 heterocycles. The van der Waals surface area contributed by atoms with Crippen LogP contribution in [0.1, 0.15) is 25.7 Å². The minimum atomic E-state index is -0.939. The van der Waals surface area contributed by atoms with Gasteiger partial charge in [-0.15, -0.1) is 0 Å². The summed E-state index contributed by atoms with van der Waals surface area (Å²) in [6.45, 7) is 1.57. The van der Waals surface area contributed by atoms with Gasteiger partial charge in [-0.3, -0.25) is 14.4 Å². The van der Waals surface area contributed by atoms with Crippen LogP contribution in [0.15, 0.2) is 0 Å². The number of aliphatic carboxylic acids is 1. The van der Waals surface area contributed by atoms with Crippen molar-refractivity contribution < 1.29 is 24.2 Å². The molecule has 2 aliphatic heterocycles. The van der Waals surface area contributed by atoms with Crippen molar-refractivity contribution in [2.24, 2.45) is 5.92 Å². The number of hydrogen-bond donors (Lipinski definition) is 1. The molecule has 0 aromatic rings. The first-order valence-corrected chi connectivity index (χ1v) is 7.45. The Morgan fingerprint density at radius 1 is 1.33 bits per heavy atom. The molecule has 0 bridgehead atoms. The minimum absolute atomic E-state index is 0.0545. The number of carboxylic acids is 1. The molecule has 3 fully saturated rings. The lowest BCUT2D eigenvalue weighted by Crippen LogP contribution is -2.51. The quantitative estimate of drug-likeness (QED) is 0.769. The molecular weight excluding hydrogens is 276 g/mol. The first-order valence-electron chi connectivity index (χ1n) is 7.45. The van der Waals surface area contributed by atoms with Crippen molar-refractivity contribution in [1.29, 1.82) is 0 Å². The average Bonchev–Trinajstić information content (AvgIpc) is 3.21. The molecule has 1 aliphatic carbocycles. The van der Waals surface area contributed by atoms with Crippen molar-refractivity contribution >= 4 is 17.8 Å². The normalized spacial score (nSPS) is 29.8. The van der Waals surface area contributed by atoms with Gasteiger partial charge in [0.15, 0.2) is 0 Å². The Balaban J connectivity index is 1.65. The van der Waals surface area contributed by atoms with Crippen LogP contribution >= 0.6 is 0 Å². The van der Waals surface area contributed by atoms with Gasteiger partial charge in [-0.2, -0.15) is 0 Å². The summed E-state index contributed by atoms with van der Waals surface area (Å²) in [6.07, 6.45) is 2.21. The van der Waals surface area contributed by atoms with Crippen LogP contribution in [0.25, 0.3) is 0 Å². The third-order valence-electron chi connectivity index (χ3n) is 4.42. The second-order valence-electron chi connectivity index (χ2n) is 6.04. The minimum Gasteiger partial charge on any atom is -0.481 e. The highest BCUT2D eigenvalue weighted by molar-refractivity contribution is 5.90. The largest absolute Gasteiger partial charge is 0.481 e. The van der Waals surface area contributed by atoms with E-state index in [-0.39, 0.29) is 37.2 Å². The molecule has 3 rings (SSSR count). The molecule has 0 aromatic heterocycles. The zero-order chi connectivity index (χ0) is 15.0. The highest BCUT2D eigenvalue weighted by atomic mass is 16.5. The number of ether oxygens (including phenoxy) is 1. The van der Waals surface area contributed by atoms with Crippen LogP contribution in [0.5, 0.6) is 0 Å². The fourth-order valence-corrected chi connectivity index (χ4v) is 3.19. The highest BCUT2D eigenvalue weighted by Gasteiger charge is 2.44. The Labute approximate surface area is 122 Å². The number of amides is 2. The number of carboxylic acid groups (broad SMARTS) is 1. The van der Waals surface area contributed by atoms with Crippen LogP contribution in [-0.4, -0.2) is 71.1 Å². The maximum Gasteiger partial charge on any atom is 0.305 e. The Morgan fingerprint density at radius 2 is 2.10 bits per heavy atom. The van der Waals surface area contributed by atoms with Gasteiger partial charge in [-0.1, -0.05) is 0 Å². The molecule has 2 saturated heterocycles. The van der Waals surface area contributed by atoms with E-state index in [4.69, 9.17) is 9.84 Å². The van der Waals surface area contributed by atoms with E-state index in [1.165, 1.54) is 0 Å². The maximum atomic E-state index is 12.6. The van der Waals surface area contributed by atoms with Gasteiger partial charge in [0, 0.05) is 25.6 Å². The van der Waals surface area contributed by atoms with Gasteiger partial charge in [0.25, 0.3) is 0 Å². The van der Waals surface area contributed by atoms with Crippen molar-refractivity contribution in [3.8, 4) is 0 Å². The topological polar surface area (TPSA) is 87.1 Å². The first kappa shape index (κ1) is 14.3. The van der Waals surface area contributed by atoms with E-state index in [1.807, 2.05) is 4.90 Å². The van der Waals surface area contributed by atoms with E-state index >= 15 is 0 Å². The predicted octanol–water partition coefficient (Wildman–Crippen LogP) is -0.301. The number of carbonyl (C=O) groups is 3. The number of rotatable bonds is 4. The van der Waals surface area contributed by atoms with Gasteiger partial charge in [0.1, 0.15) is 0 Å². The maximum absolute atomic E-state index is 12.6. The van der Waals surface area contributed by atoms with Crippen molar-refractivity contribution in [3.63, 3.8) is 0 Å². The van der Waals surface area contributed by atoms with E-state index < -0.39 is 12.0 Å². The fraction of sp³-hybridized carbons (Fsp3) is 0.786. The van der Waals surface area contributed by atoms with Gasteiger partial charge >= 0.3 is 5.97 Å². The molecule has 7 nitrogen and oxygen atoms in total. The van der Waals surface area contributed by atoms with Gasteiger partial charge in [-0.25, -0.2) is 0 Å². The van der Waals surface area contributed by atoms with Gasteiger partial charge in [-0.05, 0) is 12.8 Å². The second kappa shape index (κ2) is 5.63. The summed E-state index contributed by atoms with van der Waals surface area (Å²) in [7, 11) is 0.